The molecule has 0 spiro atoms. The van der Waals surface area contributed by atoms with E-state index in [-0.39, 0.29) is 0 Å². The fourth-order valence-corrected chi connectivity index (χ4v) is 3.79. The second-order valence-corrected chi connectivity index (χ2v) is 6.77. The van der Waals surface area contributed by atoms with Gasteiger partial charge in [0.15, 0.2) is 0 Å². The molecular formula is C18H27NO2. The van der Waals surface area contributed by atoms with Crippen LogP contribution >= 0.6 is 0 Å². The molecule has 0 aliphatic carbocycles. The van der Waals surface area contributed by atoms with Crippen LogP contribution in [0.15, 0.2) is 24.3 Å². The molecule has 2 fully saturated rings. The van der Waals surface area contributed by atoms with Gasteiger partial charge < -0.3 is 14.8 Å². The minimum absolute atomic E-state index is 0.398. The van der Waals surface area contributed by atoms with E-state index in [1.807, 2.05) is 12.1 Å². The molecule has 1 N–H and O–H groups in total. The summed E-state index contributed by atoms with van der Waals surface area (Å²) in [5.74, 6) is 2.18. The molecule has 2 aliphatic heterocycles. The summed E-state index contributed by atoms with van der Waals surface area (Å²) in [6.45, 7) is 5.62. The molecule has 0 radical (unpaired) electrons. The molecule has 0 aromatic heterocycles. The first-order valence-electron chi connectivity index (χ1n) is 8.20. The number of methoxy groups -OCH3 is 1. The van der Waals surface area contributed by atoms with Crippen LogP contribution in [0.1, 0.15) is 44.7 Å². The van der Waals surface area contributed by atoms with Crippen LogP contribution < -0.4 is 10.1 Å². The van der Waals surface area contributed by atoms with Gasteiger partial charge in [-0.15, -0.1) is 0 Å². The van der Waals surface area contributed by atoms with Crippen molar-refractivity contribution in [1.29, 1.82) is 0 Å². The molecule has 2 aliphatic rings. The lowest BCUT2D eigenvalue weighted by Crippen LogP contribution is -2.34. The average Bonchev–Trinajstić information content (AvgIpc) is 3.10. The van der Waals surface area contributed by atoms with Gasteiger partial charge in [0.05, 0.1) is 19.3 Å². The number of hydrogen-bond acceptors (Lipinski definition) is 3. The number of nitrogens with one attached hydrogen (secondary N) is 1. The zero-order valence-corrected chi connectivity index (χ0v) is 13.3. The third-order valence-electron chi connectivity index (χ3n) is 4.97. The Balaban J connectivity index is 1.61. The molecule has 2 saturated heterocycles. The second kappa shape index (κ2) is 6.37. The van der Waals surface area contributed by atoms with Gasteiger partial charge in [0.2, 0.25) is 0 Å². The lowest BCUT2D eigenvalue weighted by molar-refractivity contribution is 0.0916. The van der Waals surface area contributed by atoms with Gasteiger partial charge in [-0.05, 0) is 42.9 Å². The van der Waals surface area contributed by atoms with Crippen LogP contribution in [0.25, 0.3) is 0 Å². The normalized spacial score (nSPS) is 29.0. The first-order chi connectivity index (χ1) is 10.2. The average molecular weight is 289 g/mol. The minimum Gasteiger partial charge on any atom is -0.497 e. The molecule has 21 heavy (non-hydrogen) atoms. The molecule has 2 bridgehead atoms. The molecule has 0 saturated carbocycles. The number of benzene rings is 1. The Bertz CT molecular complexity index is 457. The molecule has 2 heterocycles. The summed E-state index contributed by atoms with van der Waals surface area (Å²) in [6.07, 6.45) is 4.82. The summed E-state index contributed by atoms with van der Waals surface area (Å²) in [7, 11) is 1.71. The summed E-state index contributed by atoms with van der Waals surface area (Å²) in [4.78, 5) is 0. The molecule has 4 atom stereocenters. The zero-order valence-electron chi connectivity index (χ0n) is 13.3. The Morgan fingerprint density at radius 3 is 2.52 bits per heavy atom. The Hall–Kier alpha value is -1.06. The SMILES string of the molecule is COc1ccc([C@H](NC[C@@H]2C[C@H]3CC[C@H]2O3)C(C)C)cc1. The zero-order chi connectivity index (χ0) is 14.8. The number of rotatable bonds is 6. The largest absolute Gasteiger partial charge is 0.497 e. The van der Waals surface area contributed by atoms with E-state index in [0.717, 1.165) is 12.3 Å². The van der Waals surface area contributed by atoms with Crippen molar-refractivity contribution >= 4 is 0 Å². The van der Waals surface area contributed by atoms with Crippen LogP contribution in [-0.4, -0.2) is 25.9 Å². The fraction of sp³-hybridized carbons (Fsp3) is 0.667. The van der Waals surface area contributed by atoms with Gasteiger partial charge in [0.1, 0.15) is 5.75 Å². The lowest BCUT2D eigenvalue weighted by atomic mass is 9.88. The number of ether oxygens (including phenoxy) is 2. The first kappa shape index (κ1) is 14.9. The quantitative estimate of drug-likeness (QED) is 0.868. The smallest absolute Gasteiger partial charge is 0.118 e. The summed E-state index contributed by atoms with van der Waals surface area (Å²) in [6, 6.07) is 8.84. The van der Waals surface area contributed by atoms with Crippen LogP contribution in [0.5, 0.6) is 5.75 Å². The van der Waals surface area contributed by atoms with Crippen LogP contribution in [-0.2, 0) is 4.74 Å². The van der Waals surface area contributed by atoms with E-state index in [1.54, 1.807) is 7.11 Å². The maximum atomic E-state index is 5.96. The summed E-state index contributed by atoms with van der Waals surface area (Å²) in [5, 5.41) is 3.78. The maximum absolute atomic E-state index is 5.96. The second-order valence-electron chi connectivity index (χ2n) is 6.77. The van der Waals surface area contributed by atoms with Crippen molar-refractivity contribution in [2.24, 2.45) is 11.8 Å². The third-order valence-corrected chi connectivity index (χ3v) is 4.97. The van der Waals surface area contributed by atoms with Crippen molar-refractivity contribution in [1.82, 2.24) is 5.32 Å². The van der Waals surface area contributed by atoms with Gasteiger partial charge in [-0.2, -0.15) is 0 Å². The predicted molar refractivity (Wildman–Crippen MR) is 84.6 cm³/mol. The molecule has 0 unspecified atom stereocenters. The van der Waals surface area contributed by atoms with Crippen molar-refractivity contribution in [3.63, 3.8) is 0 Å². The predicted octanol–water partition coefficient (Wildman–Crippen LogP) is 3.55. The van der Waals surface area contributed by atoms with E-state index in [4.69, 9.17) is 9.47 Å². The van der Waals surface area contributed by atoms with E-state index in [1.165, 1.54) is 24.8 Å². The van der Waals surface area contributed by atoms with E-state index < -0.39 is 0 Å². The molecular weight excluding hydrogens is 262 g/mol. The van der Waals surface area contributed by atoms with Crippen LogP contribution in [0.3, 0.4) is 0 Å². The Morgan fingerprint density at radius 2 is 2.00 bits per heavy atom. The van der Waals surface area contributed by atoms with Crippen molar-refractivity contribution < 1.29 is 9.47 Å². The topological polar surface area (TPSA) is 30.5 Å². The monoisotopic (exact) mass is 289 g/mol. The van der Waals surface area contributed by atoms with Crippen LogP contribution in [0, 0.1) is 11.8 Å². The van der Waals surface area contributed by atoms with Gasteiger partial charge in [-0.1, -0.05) is 26.0 Å². The summed E-state index contributed by atoms with van der Waals surface area (Å²) >= 11 is 0. The van der Waals surface area contributed by atoms with E-state index >= 15 is 0 Å². The van der Waals surface area contributed by atoms with Gasteiger partial charge >= 0.3 is 0 Å². The molecule has 3 heteroatoms. The summed E-state index contributed by atoms with van der Waals surface area (Å²) < 4.78 is 11.2. The fourth-order valence-electron chi connectivity index (χ4n) is 3.79. The highest BCUT2D eigenvalue weighted by atomic mass is 16.5. The molecule has 116 valence electrons. The minimum atomic E-state index is 0.398. The molecule has 1 aromatic carbocycles. The molecule has 1 aromatic rings. The van der Waals surface area contributed by atoms with Crippen molar-refractivity contribution in [3.05, 3.63) is 29.8 Å². The van der Waals surface area contributed by atoms with Gasteiger partial charge in [-0.25, -0.2) is 0 Å². The van der Waals surface area contributed by atoms with Crippen LogP contribution in [0.4, 0.5) is 0 Å². The Labute approximate surface area is 128 Å². The van der Waals surface area contributed by atoms with E-state index in [2.05, 4.69) is 31.3 Å². The van der Waals surface area contributed by atoms with Crippen molar-refractivity contribution in [2.75, 3.05) is 13.7 Å². The van der Waals surface area contributed by atoms with Gasteiger partial charge in [-0.3, -0.25) is 0 Å². The first-order valence-corrected chi connectivity index (χ1v) is 8.20. The van der Waals surface area contributed by atoms with Crippen LogP contribution in [0.2, 0.25) is 0 Å². The number of fused-ring (bicyclic) bond motifs is 2. The van der Waals surface area contributed by atoms with Gasteiger partial charge in [0, 0.05) is 18.5 Å². The summed E-state index contributed by atoms with van der Waals surface area (Å²) in [5.41, 5.74) is 1.34. The van der Waals surface area contributed by atoms with E-state index in [0.29, 0.717) is 30.1 Å². The molecule has 0 amide bonds. The molecule has 3 nitrogen and oxygen atoms in total. The van der Waals surface area contributed by atoms with Crippen molar-refractivity contribution in [2.45, 2.75) is 51.4 Å². The Morgan fingerprint density at radius 1 is 1.24 bits per heavy atom. The Kier molecular flexibility index (Phi) is 4.51. The maximum Gasteiger partial charge on any atom is 0.118 e. The van der Waals surface area contributed by atoms with E-state index in [9.17, 15) is 0 Å². The van der Waals surface area contributed by atoms with Crippen molar-refractivity contribution in [3.8, 4) is 5.75 Å². The highest BCUT2D eigenvalue weighted by molar-refractivity contribution is 5.29. The highest BCUT2D eigenvalue weighted by Crippen LogP contribution is 2.38. The third kappa shape index (κ3) is 3.24. The lowest BCUT2D eigenvalue weighted by Gasteiger charge is -2.27. The highest BCUT2D eigenvalue weighted by Gasteiger charge is 2.40. The number of hydrogen-bond donors (Lipinski definition) is 1. The standard InChI is InChI=1S/C18H27NO2/c1-12(2)18(13-4-6-15(20-3)7-5-13)19-11-14-10-16-8-9-17(14)21-16/h4-7,12,14,16-19H,8-11H2,1-3H3/t14-,16+,17+,18+/m0/s1. The van der Waals surface area contributed by atoms with Gasteiger partial charge in [0.25, 0.3) is 0 Å². The molecule has 3 rings (SSSR count).